The number of hydrogen-bond acceptors (Lipinski definition) is 0. The van der Waals surface area contributed by atoms with Crippen LogP contribution in [0.5, 0.6) is 0 Å². The van der Waals surface area contributed by atoms with Crippen molar-refractivity contribution in [2.75, 3.05) is 0 Å². The van der Waals surface area contributed by atoms with Gasteiger partial charge in [0, 0.05) is 0 Å². The van der Waals surface area contributed by atoms with Crippen LogP contribution in [0.15, 0.2) is 0 Å². The Balaban J connectivity index is 0. The summed E-state index contributed by atoms with van der Waals surface area (Å²) in [4.78, 5) is 0. The van der Waals surface area contributed by atoms with E-state index in [9.17, 15) is 4.32 Å². The van der Waals surface area contributed by atoms with Crippen molar-refractivity contribution in [3.05, 3.63) is 0 Å². The van der Waals surface area contributed by atoms with Gasteiger partial charge in [-0.2, -0.15) is 0 Å². The molecule has 4 heavy (non-hydrogen) atoms. The normalized spacial score (nSPS) is 2.25. The second kappa shape index (κ2) is 10.6. The molecule has 0 N–H and O–H groups in total. The first kappa shape index (κ1) is 8.88. The Kier molecular flexibility index (Phi) is 23.6. The summed E-state index contributed by atoms with van der Waals surface area (Å²) < 4.78 is 10.1. The van der Waals surface area contributed by atoms with E-state index in [1.165, 1.54) is 0 Å². The van der Waals surface area contributed by atoms with Gasteiger partial charge in [-0.05, 0) is 0 Å². The molecule has 0 aromatic heterocycles. The van der Waals surface area contributed by atoms with Crippen molar-refractivity contribution in [1.29, 1.82) is 0 Å². The topological polar surface area (TPSA) is 0 Å². The fraction of sp³-hybridized carbons (Fsp3) is 0. The van der Waals surface area contributed by atoms with E-state index in [-0.39, 0.29) is 4.70 Å². The van der Waals surface area contributed by atoms with Crippen LogP contribution in [0.3, 0.4) is 0 Å². The first-order valence-electron chi connectivity index (χ1n) is 0.507. The van der Waals surface area contributed by atoms with E-state index in [1.807, 2.05) is 0 Å². The molecule has 0 heterocycles. The monoisotopic (exact) mass is 82.0 g/mol. The minimum atomic E-state index is 0. The molecule has 4 heteroatoms. The first-order chi connectivity index (χ1) is 1.41. The van der Waals surface area contributed by atoms with Gasteiger partial charge in [-0.25, -0.2) is 0 Å². The zero-order valence-electron chi connectivity index (χ0n) is 1.86. The summed E-state index contributed by atoms with van der Waals surface area (Å²) >= 11 is 0. The van der Waals surface area contributed by atoms with Crippen LogP contribution in [-0.2, 0) is 0 Å². The summed E-state index contributed by atoms with van der Waals surface area (Å²) in [6.07, 6.45) is 0. The Hall–Kier alpha value is 0.225. The Labute approximate surface area is 25.8 Å². The maximum absolute atomic E-state index is 10.1. The molecule has 0 aromatic rings. The summed E-state index contributed by atoms with van der Waals surface area (Å²) in [7, 11) is 2.39. The van der Waals surface area contributed by atoms with E-state index < -0.39 is 0 Å². The number of rotatable bonds is 0. The zero-order valence-corrected chi connectivity index (χ0v) is 2.86. The molecule has 24 valence electrons. The summed E-state index contributed by atoms with van der Waals surface area (Å²) in [5.41, 5.74) is 0. The molecule has 0 unspecified atom stereocenters. The standard InChI is InChI=1S/BFHP.FH/c2-1-3;/h3H;1H. The van der Waals surface area contributed by atoms with Gasteiger partial charge in [-0.3, -0.25) is 4.70 Å². The van der Waals surface area contributed by atoms with Crippen LogP contribution in [0, 0.1) is 0 Å². The van der Waals surface area contributed by atoms with E-state index in [0.717, 1.165) is 0 Å². The Morgan fingerprint density at radius 1 is 1.75 bits per heavy atom. The molecular weight excluding hydrogens is 79.8 g/mol. The second-order valence-corrected chi connectivity index (χ2v) is 0.327. The molecule has 0 radical (unpaired) electrons. The van der Waals surface area contributed by atoms with E-state index >= 15 is 0 Å². The van der Waals surface area contributed by atoms with Gasteiger partial charge in [0.05, 0.1) is 0 Å². The minimum absolute atomic E-state index is 0. The van der Waals surface area contributed by atoms with Crippen molar-refractivity contribution in [1.82, 2.24) is 0 Å². The van der Waals surface area contributed by atoms with Crippen molar-refractivity contribution < 1.29 is 9.02 Å². The maximum atomic E-state index is 10.1. The molecule has 0 fully saturated rings. The molecule has 0 rings (SSSR count). The predicted octanol–water partition coefficient (Wildman–Crippen LogP) is 0.785. The summed E-state index contributed by atoms with van der Waals surface area (Å²) in [5, 5.41) is 0. The van der Waals surface area contributed by atoms with E-state index in [1.54, 1.807) is 0 Å². The van der Waals surface area contributed by atoms with Gasteiger partial charge in [0.25, 0.3) is 0 Å². The van der Waals surface area contributed by atoms with Gasteiger partial charge in [-0.15, -0.1) is 0 Å². The van der Waals surface area contributed by atoms with Crippen molar-refractivity contribution in [2.45, 2.75) is 0 Å². The molecule has 0 atom stereocenters. The molecule has 0 spiro atoms. The fourth-order valence-corrected chi connectivity index (χ4v) is 0. The molecule has 0 nitrogen and oxygen atoms in total. The second-order valence-electron chi connectivity index (χ2n) is 0.109. The van der Waals surface area contributed by atoms with Crippen LogP contribution < -0.4 is 0 Å². The molecule has 0 aliphatic heterocycles. The molecule has 0 aliphatic carbocycles. The summed E-state index contributed by atoms with van der Waals surface area (Å²) in [6, 6.07) is 0. The SMILES string of the molecule is F.FB=P. The summed E-state index contributed by atoms with van der Waals surface area (Å²) in [5.74, 6) is 0. The Morgan fingerprint density at radius 2 is 1.75 bits per heavy atom. The van der Waals surface area contributed by atoms with Crippen LogP contribution in [0.4, 0.5) is 9.02 Å². The third kappa shape index (κ3) is 66.0. The summed E-state index contributed by atoms with van der Waals surface area (Å²) in [6.45, 7) is 0.306. The Morgan fingerprint density at radius 3 is 1.75 bits per heavy atom. The Bertz CT molecular complexity index is 13.5. The number of halogens is 2. The molecule has 0 aliphatic rings. The third-order valence-electron chi connectivity index (χ3n) is 0. The van der Waals surface area contributed by atoms with Crippen molar-refractivity contribution in [3.63, 3.8) is 0 Å². The van der Waals surface area contributed by atoms with E-state index in [0.29, 0.717) is 6.90 Å². The van der Waals surface area contributed by atoms with Crippen LogP contribution in [0.25, 0.3) is 0 Å². The van der Waals surface area contributed by atoms with Crippen LogP contribution in [-0.4, -0.2) is 6.90 Å². The van der Waals surface area contributed by atoms with E-state index in [4.69, 9.17) is 0 Å². The molecule has 0 bridgehead atoms. The van der Waals surface area contributed by atoms with Gasteiger partial charge in [-0.1, -0.05) is 0 Å². The zero-order chi connectivity index (χ0) is 2.71. The molecule has 0 saturated heterocycles. The van der Waals surface area contributed by atoms with Gasteiger partial charge >= 0.3 is 19.9 Å². The molecule has 0 amide bonds. The molecular formula is H2BF2P. The average molecular weight is 81.8 g/mol. The third-order valence-corrected chi connectivity index (χ3v) is 0. The van der Waals surface area contributed by atoms with Crippen molar-refractivity contribution >= 4 is 15.6 Å². The first-order valence-corrected chi connectivity index (χ1v) is 1.08. The quantitative estimate of drug-likeness (QED) is 0.299. The van der Waals surface area contributed by atoms with E-state index in [2.05, 4.69) is 8.73 Å². The van der Waals surface area contributed by atoms with Crippen LogP contribution >= 0.6 is 8.73 Å². The van der Waals surface area contributed by atoms with Crippen molar-refractivity contribution in [2.24, 2.45) is 0 Å². The number of hydrogen-bond donors (Lipinski definition) is 0. The van der Waals surface area contributed by atoms with Crippen LogP contribution in [0.1, 0.15) is 0 Å². The van der Waals surface area contributed by atoms with Gasteiger partial charge in [0.1, 0.15) is 0 Å². The average Bonchev–Trinajstić information content (AvgIpc) is 0.918. The fourth-order valence-electron chi connectivity index (χ4n) is 0. The predicted molar refractivity (Wildman–Crippen MR) is 17.7 cm³/mol. The van der Waals surface area contributed by atoms with Gasteiger partial charge < -0.3 is 0 Å². The van der Waals surface area contributed by atoms with Crippen molar-refractivity contribution in [3.8, 4) is 0 Å². The molecule has 0 saturated carbocycles. The van der Waals surface area contributed by atoms with Crippen LogP contribution in [0.2, 0.25) is 0 Å². The molecule has 0 aromatic carbocycles. The van der Waals surface area contributed by atoms with Gasteiger partial charge in [0.2, 0.25) is 0 Å². The van der Waals surface area contributed by atoms with Gasteiger partial charge in [0.15, 0.2) is 0 Å².